The molecule has 0 aliphatic carbocycles. The molecule has 6 nitrogen and oxygen atoms in total. The molecule has 3 N–H and O–H groups in total. The van der Waals surface area contributed by atoms with E-state index in [1.807, 2.05) is 0 Å². The summed E-state index contributed by atoms with van der Waals surface area (Å²) in [6, 6.07) is 0.112. The lowest BCUT2D eigenvalue weighted by Crippen LogP contribution is -2.47. The Hall–Kier alpha value is -1.30. The number of carboxylic acid groups (broad SMARTS) is 1. The SMILES string of the molecule is CCN1CCCC1CNC(=O)NCC(C)(C)C(=O)O. The van der Waals surface area contributed by atoms with E-state index in [-0.39, 0.29) is 12.6 Å². The Balaban J connectivity index is 2.27. The van der Waals surface area contributed by atoms with Gasteiger partial charge < -0.3 is 15.7 Å². The highest BCUT2D eigenvalue weighted by Crippen LogP contribution is 2.15. The van der Waals surface area contributed by atoms with E-state index in [1.165, 1.54) is 6.42 Å². The van der Waals surface area contributed by atoms with Gasteiger partial charge in [0.25, 0.3) is 0 Å². The second kappa shape index (κ2) is 6.75. The fourth-order valence-corrected chi connectivity index (χ4v) is 2.19. The number of hydrogen-bond donors (Lipinski definition) is 3. The van der Waals surface area contributed by atoms with Gasteiger partial charge in [0, 0.05) is 19.1 Å². The summed E-state index contributed by atoms with van der Waals surface area (Å²) in [5.41, 5.74) is -0.944. The van der Waals surface area contributed by atoms with Gasteiger partial charge in [-0.25, -0.2) is 4.79 Å². The maximum Gasteiger partial charge on any atom is 0.314 e. The highest BCUT2D eigenvalue weighted by molar-refractivity contribution is 5.77. The first-order valence-electron chi connectivity index (χ1n) is 6.86. The predicted molar refractivity (Wildman–Crippen MR) is 73.1 cm³/mol. The third kappa shape index (κ3) is 4.70. The lowest BCUT2D eigenvalue weighted by molar-refractivity contribution is -0.146. The van der Waals surface area contributed by atoms with E-state index in [2.05, 4.69) is 22.5 Å². The van der Waals surface area contributed by atoms with Crippen LogP contribution in [0.1, 0.15) is 33.6 Å². The van der Waals surface area contributed by atoms with Crippen LogP contribution in [0.3, 0.4) is 0 Å². The summed E-state index contributed by atoms with van der Waals surface area (Å²) in [5, 5.41) is 14.4. The molecule has 1 aliphatic heterocycles. The van der Waals surface area contributed by atoms with Gasteiger partial charge in [0.2, 0.25) is 0 Å². The zero-order chi connectivity index (χ0) is 14.5. The monoisotopic (exact) mass is 271 g/mol. The molecular weight excluding hydrogens is 246 g/mol. The van der Waals surface area contributed by atoms with Gasteiger partial charge in [-0.05, 0) is 39.8 Å². The first-order valence-corrected chi connectivity index (χ1v) is 6.86. The predicted octanol–water partition coefficient (Wildman–Crippen LogP) is 0.881. The average Bonchev–Trinajstić information content (AvgIpc) is 2.81. The summed E-state index contributed by atoms with van der Waals surface area (Å²) in [5.74, 6) is -0.916. The minimum Gasteiger partial charge on any atom is -0.481 e. The second-order valence-electron chi connectivity index (χ2n) is 5.68. The van der Waals surface area contributed by atoms with Crippen molar-refractivity contribution in [3.63, 3.8) is 0 Å². The van der Waals surface area contributed by atoms with E-state index in [4.69, 9.17) is 5.11 Å². The zero-order valence-electron chi connectivity index (χ0n) is 12.0. The lowest BCUT2D eigenvalue weighted by Gasteiger charge is -2.24. The number of hydrogen-bond acceptors (Lipinski definition) is 3. The molecule has 0 bridgehead atoms. The summed E-state index contributed by atoms with van der Waals surface area (Å²) in [4.78, 5) is 24.9. The summed E-state index contributed by atoms with van der Waals surface area (Å²) >= 11 is 0. The minimum atomic E-state index is -0.944. The van der Waals surface area contributed by atoms with E-state index >= 15 is 0 Å². The Bertz CT molecular complexity index is 331. The fraction of sp³-hybridized carbons (Fsp3) is 0.846. The van der Waals surface area contributed by atoms with E-state index in [0.717, 1.165) is 19.5 Å². The third-order valence-corrected chi connectivity index (χ3v) is 3.67. The van der Waals surface area contributed by atoms with Crippen molar-refractivity contribution < 1.29 is 14.7 Å². The Morgan fingerprint density at radius 1 is 1.37 bits per heavy atom. The number of carboxylic acids is 1. The van der Waals surface area contributed by atoms with Crippen LogP contribution >= 0.6 is 0 Å². The summed E-state index contributed by atoms with van der Waals surface area (Å²) in [6.45, 7) is 8.13. The van der Waals surface area contributed by atoms with Crippen LogP contribution in [0.5, 0.6) is 0 Å². The van der Waals surface area contributed by atoms with Crippen LogP contribution in [0, 0.1) is 5.41 Å². The molecule has 1 aliphatic rings. The van der Waals surface area contributed by atoms with Crippen LogP contribution in [0.2, 0.25) is 0 Å². The van der Waals surface area contributed by atoms with Crippen molar-refractivity contribution in [2.75, 3.05) is 26.2 Å². The molecule has 19 heavy (non-hydrogen) atoms. The van der Waals surface area contributed by atoms with Gasteiger partial charge >= 0.3 is 12.0 Å². The van der Waals surface area contributed by atoms with E-state index in [1.54, 1.807) is 13.8 Å². The highest BCUT2D eigenvalue weighted by atomic mass is 16.4. The molecule has 1 saturated heterocycles. The standard InChI is InChI=1S/C13H25N3O3/c1-4-16-7-5-6-10(16)8-14-12(19)15-9-13(2,3)11(17)18/h10H,4-9H2,1-3H3,(H,17,18)(H2,14,15,19). The van der Waals surface area contributed by atoms with Crippen molar-refractivity contribution >= 4 is 12.0 Å². The Morgan fingerprint density at radius 3 is 2.63 bits per heavy atom. The van der Waals surface area contributed by atoms with Crippen LogP contribution in [0.15, 0.2) is 0 Å². The molecular formula is C13H25N3O3. The molecule has 110 valence electrons. The van der Waals surface area contributed by atoms with Gasteiger partial charge in [0.05, 0.1) is 5.41 Å². The maximum atomic E-state index is 11.6. The minimum absolute atomic E-state index is 0.121. The number of rotatable bonds is 6. The Morgan fingerprint density at radius 2 is 2.05 bits per heavy atom. The van der Waals surface area contributed by atoms with E-state index < -0.39 is 11.4 Å². The van der Waals surface area contributed by atoms with Gasteiger partial charge in [-0.2, -0.15) is 0 Å². The molecule has 1 atom stereocenters. The molecule has 0 aromatic rings. The van der Waals surface area contributed by atoms with Crippen LogP contribution in [0.25, 0.3) is 0 Å². The van der Waals surface area contributed by atoms with Gasteiger partial charge in [0.15, 0.2) is 0 Å². The maximum absolute atomic E-state index is 11.6. The van der Waals surface area contributed by atoms with Crippen molar-refractivity contribution in [1.29, 1.82) is 0 Å². The van der Waals surface area contributed by atoms with Gasteiger partial charge in [-0.1, -0.05) is 6.92 Å². The molecule has 0 aromatic heterocycles. The molecule has 1 rings (SSSR count). The quantitative estimate of drug-likeness (QED) is 0.670. The molecule has 1 fully saturated rings. The zero-order valence-corrected chi connectivity index (χ0v) is 12.0. The number of likely N-dealkylation sites (tertiary alicyclic amines) is 1. The summed E-state index contributed by atoms with van der Waals surface area (Å²) in [6.07, 6.45) is 2.28. The fourth-order valence-electron chi connectivity index (χ4n) is 2.19. The number of aliphatic carboxylic acids is 1. The first-order chi connectivity index (χ1) is 8.86. The first kappa shape index (κ1) is 15.8. The lowest BCUT2D eigenvalue weighted by atomic mass is 9.94. The van der Waals surface area contributed by atoms with Gasteiger partial charge in [-0.3, -0.25) is 9.69 Å². The normalized spacial score (nSPS) is 20.3. The van der Waals surface area contributed by atoms with Crippen molar-refractivity contribution in [3.8, 4) is 0 Å². The number of carbonyl (C=O) groups excluding carboxylic acids is 1. The topological polar surface area (TPSA) is 81.7 Å². The highest BCUT2D eigenvalue weighted by Gasteiger charge is 2.28. The number of carbonyl (C=O) groups is 2. The second-order valence-corrected chi connectivity index (χ2v) is 5.68. The number of amides is 2. The average molecular weight is 271 g/mol. The summed E-state index contributed by atoms with van der Waals surface area (Å²) < 4.78 is 0. The molecule has 2 amide bonds. The van der Waals surface area contributed by atoms with Gasteiger partial charge in [-0.15, -0.1) is 0 Å². The van der Waals surface area contributed by atoms with Crippen LogP contribution in [-0.2, 0) is 4.79 Å². The Kier molecular flexibility index (Phi) is 5.60. The number of urea groups is 1. The largest absolute Gasteiger partial charge is 0.481 e. The molecule has 6 heteroatoms. The van der Waals surface area contributed by atoms with Crippen molar-refractivity contribution in [3.05, 3.63) is 0 Å². The summed E-state index contributed by atoms with van der Waals surface area (Å²) in [7, 11) is 0. The van der Waals surface area contributed by atoms with E-state index in [0.29, 0.717) is 12.6 Å². The number of nitrogens with zero attached hydrogens (tertiary/aromatic N) is 1. The molecule has 0 aromatic carbocycles. The molecule has 0 saturated carbocycles. The molecule has 1 heterocycles. The van der Waals surface area contributed by atoms with Crippen LogP contribution in [0.4, 0.5) is 4.79 Å². The third-order valence-electron chi connectivity index (χ3n) is 3.67. The van der Waals surface area contributed by atoms with Crippen LogP contribution < -0.4 is 10.6 Å². The van der Waals surface area contributed by atoms with Crippen molar-refractivity contribution in [2.45, 2.75) is 39.7 Å². The molecule has 1 unspecified atom stereocenters. The molecule has 0 spiro atoms. The van der Waals surface area contributed by atoms with Gasteiger partial charge in [0.1, 0.15) is 0 Å². The van der Waals surface area contributed by atoms with Crippen LogP contribution in [-0.4, -0.2) is 54.2 Å². The van der Waals surface area contributed by atoms with Crippen molar-refractivity contribution in [1.82, 2.24) is 15.5 Å². The smallest absolute Gasteiger partial charge is 0.314 e. The Labute approximate surface area is 114 Å². The number of nitrogens with one attached hydrogen (secondary N) is 2. The van der Waals surface area contributed by atoms with Crippen molar-refractivity contribution in [2.24, 2.45) is 5.41 Å². The van der Waals surface area contributed by atoms with E-state index in [9.17, 15) is 9.59 Å². The molecule has 0 radical (unpaired) electrons. The number of likely N-dealkylation sites (N-methyl/N-ethyl adjacent to an activating group) is 1.